The van der Waals surface area contributed by atoms with Gasteiger partial charge in [0, 0.05) is 22.9 Å². The number of hydrogen-bond donors (Lipinski definition) is 1. The highest BCUT2D eigenvalue weighted by molar-refractivity contribution is 9.10. The van der Waals surface area contributed by atoms with E-state index in [1.54, 1.807) is 17.1 Å². The molecule has 0 unspecified atom stereocenters. The Morgan fingerprint density at radius 2 is 2.11 bits per heavy atom. The van der Waals surface area contributed by atoms with Gasteiger partial charge in [0.1, 0.15) is 0 Å². The van der Waals surface area contributed by atoms with Crippen molar-refractivity contribution in [2.75, 3.05) is 11.9 Å². The van der Waals surface area contributed by atoms with Crippen LogP contribution in [0.3, 0.4) is 0 Å². The van der Waals surface area contributed by atoms with Gasteiger partial charge in [-0.15, -0.1) is 5.10 Å². The molecule has 0 bridgehead atoms. The number of anilines is 1. The van der Waals surface area contributed by atoms with Crippen LogP contribution < -0.4 is 5.32 Å². The molecule has 8 heteroatoms. The van der Waals surface area contributed by atoms with E-state index in [1.165, 1.54) is 6.07 Å². The molecule has 1 aromatic carbocycles. The SMILES string of the molecule is FC(F)(F)c1ccc(NCCn2ccnn2)c(Br)c1. The molecule has 0 aliphatic heterocycles. The number of aromatic nitrogens is 3. The summed E-state index contributed by atoms with van der Waals surface area (Å²) in [5.74, 6) is 0. The molecule has 102 valence electrons. The van der Waals surface area contributed by atoms with Crippen LogP contribution in [0.5, 0.6) is 0 Å². The van der Waals surface area contributed by atoms with Gasteiger partial charge in [-0.2, -0.15) is 13.2 Å². The summed E-state index contributed by atoms with van der Waals surface area (Å²) in [6.45, 7) is 1.11. The van der Waals surface area contributed by atoms with Gasteiger partial charge in [0.25, 0.3) is 0 Å². The quantitative estimate of drug-likeness (QED) is 0.933. The normalized spacial score (nSPS) is 11.6. The third kappa shape index (κ3) is 3.69. The molecule has 1 N–H and O–H groups in total. The molecule has 1 heterocycles. The Morgan fingerprint density at radius 1 is 1.32 bits per heavy atom. The van der Waals surface area contributed by atoms with Crippen LogP contribution >= 0.6 is 15.9 Å². The van der Waals surface area contributed by atoms with Crippen LogP contribution in [0.1, 0.15) is 5.56 Å². The van der Waals surface area contributed by atoms with Gasteiger partial charge in [0.15, 0.2) is 0 Å². The first-order valence-electron chi connectivity index (χ1n) is 5.41. The number of nitrogens with one attached hydrogen (secondary N) is 1. The van der Waals surface area contributed by atoms with Crippen molar-refractivity contribution in [2.24, 2.45) is 0 Å². The number of benzene rings is 1. The zero-order valence-electron chi connectivity index (χ0n) is 9.65. The molecule has 2 aromatic rings. The van der Waals surface area contributed by atoms with Crippen molar-refractivity contribution < 1.29 is 13.2 Å². The Hall–Kier alpha value is -1.57. The molecule has 0 saturated heterocycles. The van der Waals surface area contributed by atoms with Crippen LogP contribution in [0.4, 0.5) is 18.9 Å². The van der Waals surface area contributed by atoms with E-state index in [0.29, 0.717) is 23.2 Å². The topological polar surface area (TPSA) is 42.7 Å². The standard InChI is InChI=1S/C11H10BrF3N4/c12-9-7-8(11(13,14)15)1-2-10(9)16-3-5-19-6-4-17-18-19/h1-2,4,6-7,16H,3,5H2. The molecule has 2 rings (SSSR count). The van der Waals surface area contributed by atoms with E-state index in [1.807, 2.05) is 0 Å². The molecule has 0 radical (unpaired) electrons. The van der Waals surface area contributed by atoms with Gasteiger partial charge in [-0.1, -0.05) is 5.21 Å². The van der Waals surface area contributed by atoms with Crippen molar-refractivity contribution in [3.05, 3.63) is 40.6 Å². The highest BCUT2D eigenvalue weighted by Crippen LogP contribution is 2.33. The van der Waals surface area contributed by atoms with E-state index in [4.69, 9.17) is 0 Å². The molecule has 4 nitrogen and oxygen atoms in total. The molecule has 0 aliphatic carbocycles. The molecular weight excluding hydrogens is 325 g/mol. The summed E-state index contributed by atoms with van der Waals surface area (Å²) in [6.07, 6.45) is -1.06. The van der Waals surface area contributed by atoms with Gasteiger partial charge >= 0.3 is 6.18 Å². The summed E-state index contributed by atoms with van der Waals surface area (Å²) in [5, 5.41) is 10.5. The monoisotopic (exact) mass is 334 g/mol. The summed E-state index contributed by atoms with van der Waals surface area (Å²) in [5.41, 5.74) is -0.0747. The van der Waals surface area contributed by atoms with Crippen molar-refractivity contribution in [1.29, 1.82) is 0 Å². The molecular formula is C11H10BrF3N4. The van der Waals surface area contributed by atoms with Gasteiger partial charge in [0.2, 0.25) is 0 Å². The lowest BCUT2D eigenvalue weighted by Gasteiger charge is -2.11. The van der Waals surface area contributed by atoms with Crippen molar-refractivity contribution in [2.45, 2.75) is 12.7 Å². The minimum atomic E-state index is -4.33. The molecule has 0 aliphatic rings. The van der Waals surface area contributed by atoms with Gasteiger partial charge in [0.05, 0.1) is 18.3 Å². The number of nitrogens with zero attached hydrogens (tertiary/aromatic N) is 3. The molecule has 0 saturated carbocycles. The molecule has 0 fully saturated rings. The highest BCUT2D eigenvalue weighted by atomic mass is 79.9. The molecule has 0 spiro atoms. The third-order valence-corrected chi connectivity index (χ3v) is 3.08. The maximum atomic E-state index is 12.5. The van der Waals surface area contributed by atoms with E-state index in [-0.39, 0.29) is 0 Å². The summed E-state index contributed by atoms with van der Waals surface area (Å²) >= 11 is 3.12. The summed E-state index contributed by atoms with van der Waals surface area (Å²) in [7, 11) is 0. The van der Waals surface area contributed by atoms with Gasteiger partial charge < -0.3 is 5.32 Å². The van der Waals surface area contributed by atoms with Crippen LogP contribution in [0.25, 0.3) is 0 Å². The maximum absolute atomic E-state index is 12.5. The van der Waals surface area contributed by atoms with Crippen molar-refractivity contribution in [3.63, 3.8) is 0 Å². The smallest absolute Gasteiger partial charge is 0.382 e. The first-order valence-corrected chi connectivity index (χ1v) is 6.21. The summed E-state index contributed by atoms with van der Waals surface area (Å²) < 4.78 is 39.4. The molecule has 19 heavy (non-hydrogen) atoms. The largest absolute Gasteiger partial charge is 0.416 e. The van der Waals surface area contributed by atoms with E-state index in [2.05, 4.69) is 31.6 Å². The Kier molecular flexibility index (Phi) is 4.08. The van der Waals surface area contributed by atoms with Crippen LogP contribution in [0, 0.1) is 0 Å². The van der Waals surface area contributed by atoms with Crippen molar-refractivity contribution in [1.82, 2.24) is 15.0 Å². The first-order chi connectivity index (χ1) is 8.97. The van der Waals surface area contributed by atoms with Crippen LogP contribution in [-0.2, 0) is 12.7 Å². The highest BCUT2D eigenvalue weighted by Gasteiger charge is 2.30. The van der Waals surface area contributed by atoms with Crippen molar-refractivity contribution >= 4 is 21.6 Å². The maximum Gasteiger partial charge on any atom is 0.416 e. The lowest BCUT2D eigenvalue weighted by atomic mass is 10.2. The number of halogens is 4. The van der Waals surface area contributed by atoms with Crippen LogP contribution in [-0.4, -0.2) is 21.5 Å². The van der Waals surface area contributed by atoms with E-state index < -0.39 is 11.7 Å². The predicted molar refractivity (Wildman–Crippen MR) is 67.7 cm³/mol. The minimum absolute atomic E-state index is 0.376. The molecule has 0 amide bonds. The average Bonchev–Trinajstić information content (AvgIpc) is 2.83. The molecule has 1 aromatic heterocycles. The fourth-order valence-electron chi connectivity index (χ4n) is 1.49. The second kappa shape index (κ2) is 5.60. The predicted octanol–water partition coefficient (Wildman–Crippen LogP) is 3.17. The van der Waals surface area contributed by atoms with Gasteiger partial charge in [-0.05, 0) is 34.1 Å². The zero-order valence-corrected chi connectivity index (χ0v) is 11.2. The number of rotatable bonds is 4. The number of hydrogen-bond acceptors (Lipinski definition) is 3. The summed E-state index contributed by atoms with van der Waals surface area (Å²) in [4.78, 5) is 0. The fourth-order valence-corrected chi connectivity index (χ4v) is 2.01. The van der Waals surface area contributed by atoms with Crippen LogP contribution in [0.2, 0.25) is 0 Å². The Bertz CT molecular complexity index is 539. The second-order valence-electron chi connectivity index (χ2n) is 3.79. The van der Waals surface area contributed by atoms with E-state index in [9.17, 15) is 13.2 Å². The lowest BCUT2D eigenvalue weighted by molar-refractivity contribution is -0.137. The van der Waals surface area contributed by atoms with Gasteiger partial charge in [-0.3, -0.25) is 4.68 Å². The van der Waals surface area contributed by atoms with Crippen LogP contribution in [0.15, 0.2) is 35.1 Å². The van der Waals surface area contributed by atoms with Crippen molar-refractivity contribution in [3.8, 4) is 0 Å². The fraction of sp³-hybridized carbons (Fsp3) is 0.273. The lowest BCUT2D eigenvalue weighted by Crippen LogP contribution is -2.12. The first kappa shape index (κ1) is 13.9. The summed E-state index contributed by atoms with van der Waals surface area (Å²) in [6, 6.07) is 3.49. The van der Waals surface area contributed by atoms with Gasteiger partial charge in [-0.25, -0.2) is 0 Å². The second-order valence-corrected chi connectivity index (χ2v) is 4.64. The van der Waals surface area contributed by atoms with E-state index >= 15 is 0 Å². The van der Waals surface area contributed by atoms with E-state index in [0.717, 1.165) is 12.1 Å². The average molecular weight is 335 g/mol. The Morgan fingerprint density at radius 3 is 2.68 bits per heavy atom. The Labute approximate surface area is 115 Å². The zero-order chi connectivity index (χ0) is 13.9. The minimum Gasteiger partial charge on any atom is -0.382 e. The third-order valence-electron chi connectivity index (χ3n) is 2.42. The Balaban J connectivity index is 1.97. The number of alkyl halides is 3. The molecule has 0 atom stereocenters.